The number of halogens is 2. The first-order chi connectivity index (χ1) is 12.4. The van der Waals surface area contributed by atoms with Crippen molar-refractivity contribution in [1.82, 2.24) is 9.78 Å². The van der Waals surface area contributed by atoms with Gasteiger partial charge in [0.2, 0.25) is 0 Å². The van der Waals surface area contributed by atoms with Gasteiger partial charge in [0, 0.05) is 11.3 Å². The minimum atomic E-state index is -2.96. The highest BCUT2D eigenvalue weighted by Crippen LogP contribution is 2.26. The Kier molecular flexibility index (Phi) is 4.97. The van der Waals surface area contributed by atoms with Gasteiger partial charge in [0.1, 0.15) is 5.75 Å². The van der Waals surface area contributed by atoms with Crippen LogP contribution < -0.4 is 10.1 Å². The number of aryl methyl sites for hydroxylation is 2. The molecule has 5 nitrogen and oxygen atoms in total. The summed E-state index contributed by atoms with van der Waals surface area (Å²) in [6, 6.07) is 14.9. The zero-order valence-corrected chi connectivity index (χ0v) is 14.2. The van der Waals surface area contributed by atoms with Crippen LogP contribution in [0.25, 0.3) is 5.69 Å². The molecule has 3 aromatic rings. The van der Waals surface area contributed by atoms with E-state index in [2.05, 4.69) is 15.2 Å². The van der Waals surface area contributed by atoms with Gasteiger partial charge in [0.25, 0.3) is 5.91 Å². The van der Waals surface area contributed by atoms with Gasteiger partial charge in [-0.1, -0.05) is 12.1 Å². The maximum Gasteiger partial charge on any atom is 0.387 e. The maximum absolute atomic E-state index is 12.5. The average molecular weight is 357 g/mol. The van der Waals surface area contributed by atoms with Gasteiger partial charge in [-0.3, -0.25) is 4.79 Å². The molecule has 0 bridgehead atoms. The number of para-hydroxylation sites is 2. The molecule has 0 radical (unpaired) electrons. The number of nitrogens with one attached hydrogen (secondary N) is 1. The Bertz CT molecular complexity index is 921. The third kappa shape index (κ3) is 3.88. The first-order valence-electron chi connectivity index (χ1n) is 7.93. The van der Waals surface area contributed by atoms with Crippen LogP contribution in [0.2, 0.25) is 0 Å². The largest absolute Gasteiger partial charge is 0.433 e. The van der Waals surface area contributed by atoms with Crippen LogP contribution in [0.3, 0.4) is 0 Å². The van der Waals surface area contributed by atoms with Gasteiger partial charge in [-0.2, -0.15) is 13.9 Å². The summed E-state index contributed by atoms with van der Waals surface area (Å²) in [6.07, 6.45) is 0. The van der Waals surface area contributed by atoms with Crippen LogP contribution >= 0.6 is 0 Å². The smallest absolute Gasteiger partial charge is 0.387 e. The van der Waals surface area contributed by atoms with Gasteiger partial charge in [0.05, 0.1) is 17.1 Å². The Hall–Kier alpha value is -3.22. The Morgan fingerprint density at radius 3 is 2.42 bits per heavy atom. The predicted molar refractivity (Wildman–Crippen MR) is 94.1 cm³/mol. The Morgan fingerprint density at radius 1 is 1.12 bits per heavy atom. The highest BCUT2D eigenvalue weighted by Gasteiger charge is 2.13. The number of carbonyl (C=O) groups excluding carboxylic acids is 1. The SMILES string of the molecule is Cc1cc(C)n(-c2ccc(C(=O)Nc3ccccc3OC(F)F)cc2)n1. The van der Waals surface area contributed by atoms with E-state index in [1.54, 1.807) is 41.1 Å². The number of hydrogen-bond acceptors (Lipinski definition) is 3. The number of amides is 1. The minimum absolute atomic E-state index is 0.0879. The summed E-state index contributed by atoms with van der Waals surface area (Å²) < 4.78 is 31.1. The van der Waals surface area contributed by atoms with Crippen molar-refractivity contribution in [1.29, 1.82) is 0 Å². The standard InChI is InChI=1S/C19H17F2N3O2/c1-12-11-13(2)24(23-12)15-9-7-14(8-10-15)18(25)22-16-5-3-4-6-17(16)26-19(20)21/h3-11,19H,1-2H3,(H,22,25). The number of anilines is 1. The van der Waals surface area contributed by atoms with Gasteiger partial charge in [0.15, 0.2) is 0 Å². The van der Waals surface area contributed by atoms with E-state index in [1.165, 1.54) is 12.1 Å². The highest BCUT2D eigenvalue weighted by atomic mass is 19.3. The van der Waals surface area contributed by atoms with Crippen molar-refractivity contribution in [2.75, 3.05) is 5.32 Å². The molecule has 0 spiro atoms. The van der Waals surface area contributed by atoms with Crippen LogP contribution in [-0.4, -0.2) is 22.3 Å². The number of hydrogen-bond donors (Lipinski definition) is 1. The number of aromatic nitrogens is 2. The van der Waals surface area contributed by atoms with E-state index in [0.29, 0.717) is 5.56 Å². The lowest BCUT2D eigenvalue weighted by molar-refractivity contribution is -0.0493. The van der Waals surface area contributed by atoms with E-state index in [0.717, 1.165) is 17.1 Å². The fraction of sp³-hybridized carbons (Fsp3) is 0.158. The van der Waals surface area contributed by atoms with Crippen LogP contribution in [0.4, 0.5) is 14.5 Å². The summed E-state index contributed by atoms with van der Waals surface area (Å²) in [5.41, 5.74) is 3.29. The summed E-state index contributed by atoms with van der Waals surface area (Å²) in [7, 11) is 0. The molecule has 3 rings (SSSR count). The molecular weight excluding hydrogens is 340 g/mol. The molecular formula is C19H17F2N3O2. The fourth-order valence-electron chi connectivity index (χ4n) is 2.61. The number of ether oxygens (including phenoxy) is 1. The monoisotopic (exact) mass is 357 g/mol. The van der Waals surface area contributed by atoms with Crippen molar-refractivity contribution in [2.45, 2.75) is 20.5 Å². The molecule has 0 saturated carbocycles. The van der Waals surface area contributed by atoms with Crippen LogP contribution in [0.5, 0.6) is 5.75 Å². The van der Waals surface area contributed by atoms with Crippen molar-refractivity contribution >= 4 is 11.6 Å². The van der Waals surface area contributed by atoms with E-state index in [1.807, 2.05) is 19.9 Å². The van der Waals surface area contributed by atoms with Crippen molar-refractivity contribution in [3.8, 4) is 11.4 Å². The normalized spacial score (nSPS) is 10.8. The summed E-state index contributed by atoms with van der Waals surface area (Å²) in [6.45, 7) is 0.887. The number of alkyl halides is 2. The quantitative estimate of drug-likeness (QED) is 0.739. The molecule has 1 N–H and O–H groups in total. The molecule has 0 atom stereocenters. The first-order valence-corrected chi connectivity index (χ1v) is 7.93. The van der Waals surface area contributed by atoms with Gasteiger partial charge in [-0.15, -0.1) is 0 Å². The molecule has 1 aromatic heterocycles. The molecule has 0 aliphatic carbocycles. The number of rotatable bonds is 5. The van der Waals surface area contributed by atoms with Gasteiger partial charge >= 0.3 is 6.61 Å². The number of nitrogens with zero attached hydrogens (tertiary/aromatic N) is 2. The van der Waals surface area contributed by atoms with Crippen LogP contribution in [0.1, 0.15) is 21.7 Å². The molecule has 1 amide bonds. The molecule has 0 unspecified atom stereocenters. The topological polar surface area (TPSA) is 56.2 Å². The molecule has 26 heavy (non-hydrogen) atoms. The fourth-order valence-corrected chi connectivity index (χ4v) is 2.61. The highest BCUT2D eigenvalue weighted by molar-refractivity contribution is 6.05. The van der Waals surface area contributed by atoms with E-state index < -0.39 is 12.5 Å². The first kappa shape index (κ1) is 17.6. The van der Waals surface area contributed by atoms with E-state index in [4.69, 9.17) is 0 Å². The molecule has 1 heterocycles. The number of benzene rings is 2. The molecule has 7 heteroatoms. The van der Waals surface area contributed by atoms with E-state index in [-0.39, 0.29) is 11.4 Å². The van der Waals surface area contributed by atoms with Gasteiger partial charge < -0.3 is 10.1 Å². The maximum atomic E-state index is 12.5. The molecule has 134 valence electrons. The lowest BCUT2D eigenvalue weighted by Gasteiger charge is -2.12. The summed E-state index contributed by atoms with van der Waals surface area (Å²) >= 11 is 0. The second-order valence-electron chi connectivity index (χ2n) is 5.71. The Labute approximate surface area is 149 Å². The second kappa shape index (κ2) is 7.35. The molecule has 2 aromatic carbocycles. The average Bonchev–Trinajstić information content (AvgIpc) is 2.94. The van der Waals surface area contributed by atoms with E-state index in [9.17, 15) is 13.6 Å². The third-order valence-electron chi connectivity index (χ3n) is 3.73. The predicted octanol–water partition coefficient (Wildman–Crippen LogP) is 4.34. The zero-order valence-electron chi connectivity index (χ0n) is 14.2. The summed E-state index contributed by atoms with van der Waals surface area (Å²) in [5.74, 6) is -0.509. The minimum Gasteiger partial charge on any atom is -0.433 e. The molecule has 0 aliphatic heterocycles. The lowest BCUT2D eigenvalue weighted by atomic mass is 10.2. The number of carbonyl (C=O) groups is 1. The van der Waals surface area contributed by atoms with Gasteiger partial charge in [-0.05, 0) is 56.3 Å². The van der Waals surface area contributed by atoms with Crippen LogP contribution in [0, 0.1) is 13.8 Å². The van der Waals surface area contributed by atoms with Crippen molar-refractivity contribution in [2.24, 2.45) is 0 Å². The van der Waals surface area contributed by atoms with Crippen LogP contribution in [0.15, 0.2) is 54.6 Å². The second-order valence-corrected chi connectivity index (χ2v) is 5.71. The Morgan fingerprint density at radius 2 is 1.81 bits per heavy atom. The zero-order chi connectivity index (χ0) is 18.7. The summed E-state index contributed by atoms with van der Waals surface area (Å²) in [4.78, 5) is 12.4. The van der Waals surface area contributed by atoms with E-state index >= 15 is 0 Å². The van der Waals surface area contributed by atoms with Crippen molar-refractivity contribution < 1.29 is 18.3 Å². The van der Waals surface area contributed by atoms with Crippen LogP contribution in [-0.2, 0) is 0 Å². The molecule has 0 fully saturated rings. The molecule has 0 saturated heterocycles. The summed E-state index contributed by atoms with van der Waals surface area (Å²) in [5, 5.41) is 6.98. The van der Waals surface area contributed by atoms with Gasteiger partial charge in [-0.25, -0.2) is 4.68 Å². The third-order valence-corrected chi connectivity index (χ3v) is 3.73. The van der Waals surface area contributed by atoms with Crippen molar-refractivity contribution in [3.05, 3.63) is 71.5 Å². The van der Waals surface area contributed by atoms with Crippen molar-refractivity contribution in [3.63, 3.8) is 0 Å². The molecule has 0 aliphatic rings. The Balaban J connectivity index is 1.78. The lowest BCUT2D eigenvalue weighted by Crippen LogP contribution is -2.14.